The molecule has 2 aliphatic rings. The Morgan fingerprint density at radius 3 is 2.73 bits per heavy atom. The maximum atomic E-state index is 14.5. The molecule has 0 spiro atoms. The molecule has 1 aliphatic heterocycles. The van der Waals surface area contributed by atoms with Crippen molar-refractivity contribution in [1.82, 2.24) is 10.5 Å². The molecule has 1 fully saturated rings. The Morgan fingerprint density at radius 1 is 1.15 bits per heavy atom. The fraction of sp³-hybridized carbons (Fsp3) is 0.250. The quantitative estimate of drug-likeness (QED) is 0.503. The van der Waals surface area contributed by atoms with Crippen LogP contribution >= 0.6 is 0 Å². The summed E-state index contributed by atoms with van der Waals surface area (Å²) >= 11 is 0. The number of anilines is 3. The number of fused-ring (bicyclic) bond motifs is 1. The Labute approximate surface area is 189 Å². The molecule has 3 aromatic rings. The van der Waals surface area contributed by atoms with E-state index in [-0.39, 0.29) is 23.1 Å². The molecule has 1 atom stereocenters. The van der Waals surface area contributed by atoms with Crippen molar-refractivity contribution in [1.29, 1.82) is 0 Å². The molecule has 7 nitrogen and oxygen atoms in total. The van der Waals surface area contributed by atoms with Gasteiger partial charge in [-0.1, -0.05) is 0 Å². The third-order valence-electron chi connectivity index (χ3n) is 5.85. The number of rotatable bonds is 6. The van der Waals surface area contributed by atoms with Crippen LogP contribution in [0, 0.1) is 17.6 Å². The number of benzene rings is 2. The average molecular weight is 451 g/mol. The molecule has 170 valence electrons. The molecule has 1 aliphatic carbocycles. The van der Waals surface area contributed by atoms with E-state index in [2.05, 4.69) is 21.3 Å². The van der Waals surface area contributed by atoms with Crippen LogP contribution in [-0.2, 0) is 0 Å². The summed E-state index contributed by atoms with van der Waals surface area (Å²) in [5.41, 5.74) is 7.90. The monoisotopic (exact) mass is 451 g/mol. The van der Waals surface area contributed by atoms with Crippen molar-refractivity contribution in [2.45, 2.75) is 25.9 Å². The van der Waals surface area contributed by atoms with Crippen molar-refractivity contribution in [3.63, 3.8) is 0 Å². The Bertz CT molecular complexity index is 1230. The number of halogens is 2. The largest absolute Gasteiger partial charge is 0.487 e. The minimum absolute atomic E-state index is 0.0593. The van der Waals surface area contributed by atoms with Crippen molar-refractivity contribution in [2.24, 2.45) is 5.92 Å². The lowest BCUT2D eigenvalue weighted by Gasteiger charge is -2.15. The summed E-state index contributed by atoms with van der Waals surface area (Å²) in [5, 5.41) is 4.27. The van der Waals surface area contributed by atoms with Gasteiger partial charge in [0.1, 0.15) is 5.82 Å². The highest BCUT2D eigenvalue weighted by Crippen LogP contribution is 2.35. The lowest BCUT2D eigenvalue weighted by molar-refractivity contribution is 0.102. The van der Waals surface area contributed by atoms with Crippen molar-refractivity contribution in [3.8, 4) is 17.0 Å². The molecule has 2 heterocycles. The third kappa shape index (κ3) is 4.31. The van der Waals surface area contributed by atoms with Crippen LogP contribution in [-0.4, -0.2) is 24.0 Å². The predicted molar refractivity (Wildman–Crippen MR) is 122 cm³/mol. The van der Waals surface area contributed by atoms with Crippen molar-refractivity contribution in [2.75, 3.05) is 22.8 Å². The van der Waals surface area contributed by atoms with Crippen LogP contribution in [0.2, 0.25) is 0 Å². The molecule has 0 radical (unpaired) electrons. The van der Waals surface area contributed by atoms with E-state index in [4.69, 9.17) is 4.74 Å². The van der Waals surface area contributed by atoms with E-state index in [1.54, 1.807) is 24.2 Å². The number of ether oxygens (including phenoxy) is 1. The summed E-state index contributed by atoms with van der Waals surface area (Å²) in [7, 11) is 1.81. The molecule has 2 aromatic carbocycles. The molecule has 0 bridgehead atoms. The molecule has 33 heavy (non-hydrogen) atoms. The maximum Gasteiger partial charge on any atom is 0.258 e. The van der Waals surface area contributed by atoms with E-state index in [1.165, 1.54) is 30.3 Å². The summed E-state index contributed by atoms with van der Waals surface area (Å²) in [6.07, 6.45) is 2.12. The van der Waals surface area contributed by atoms with Crippen molar-refractivity contribution >= 4 is 23.1 Å². The molecule has 1 saturated carbocycles. The van der Waals surface area contributed by atoms with Gasteiger partial charge in [-0.05, 0) is 68.1 Å². The number of hydrogen-bond donors (Lipinski definition) is 3. The zero-order chi connectivity index (χ0) is 23.1. The number of pyridine rings is 1. The smallest absolute Gasteiger partial charge is 0.258 e. The molecular weight excluding hydrogens is 428 g/mol. The second-order valence-electron chi connectivity index (χ2n) is 8.32. The van der Waals surface area contributed by atoms with E-state index in [1.807, 2.05) is 13.0 Å². The van der Waals surface area contributed by atoms with Gasteiger partial charge in [0.2, 0.25) is 0 Å². The normalized spacial score (nSPS) is 15.6. The summed E-state index contributed by atoms with van der Waals surface area (Å²) in [5.74, 6) is -0.670. The first-order valence-electron chi connectivity index (χ1n) is 10.7. The van der Waals surface area contributed by atoms with Crippen LogP contribution in [0.1, 0.15) is 30.1 Å². The molecule has 1 unspecified atom stereocenters. The van der Waals surface area contributed by atoms with E-state index in [0.29, 0.717) is 23.0 Å². The summed E-state index contributed by atoms with van der Waals surface area (Å²) in [6, 6.07) is 12.0. The number of carbonyl (C=O) groups excluding carboxylic acids is 1. The van der Waals surface area contributed by atoms with Gasteiger partial charge in [-0.2, -0.15) is 0 Å². The number of nitrogens with one attached hydrogen (secondary N) is 3. The Hall–Kier alpha value is -3.72. The summed E-state index contributed by atoms with van der Waals surface area (Å²) in [6.45, 7) is 1.92. The highest BCUT2D eigenvalue weighted by Gasteiger charge is 2.30. The molecular formula is C24H23F2N5O2. The van der Waals surface area contributed by atoms with Gasteiger partial charge in [0.05, 0.1) is 23.0 Å². The van der Waals surface area contributed by atoms with Gasteiger partial charge in [0, 0.05) is 24.4 Å². The number of aromatic nitrogens is 1. The number of hydrogen-bond acceptors (Lipinski definition) is 6. The van der Waals surface area contributed by atoms with Gasteiger partial charge in [-0.15, -0.1) is 5.53 Å². The Morgan fingerprint density at radius 2 is 1.97 bits per heavy atom. The van der Waals surface area contributed by atoms with Gasteiger partial charge in [0.15, 0.2) is 17.4 Å². The van der Waals surface area contributed by atoms with Gasteiger partial charge in [-0.25, -0.2) is 13.8 Å². The van der Waals surface area contributed by atoms with E-state index in [0.717, 1.165) is 18.5 Å². The van der Waals surface area contributed by atoms with Crippen LogP contribution in [0.4, 0.5) is 26.0 Å². The topological polar surface area (TPSA) is 78.5 Å². The Kier molecular flexibility index (Phi) is 5.33. The van der Waals surface area contributed by atoms with Gasteiger partial charge >= 0.3 is 0 Å². The number of amides is 1. The number of hydrazine groups is 2. The van der Waals surface area contributed by atoms with Gasteiger partial charge < -0.3 is 15.5 Å². The standard InChI is InChI=1S/C24H23F2N5O2/c1-13(14-3-4-14)33-22-10-6-16(12-19(22)26)27-24(32)17-11-15(5-7-18(17)25)20-8-9-21-23(28-20)31(2)30-29-21/h5-14,29-30H,3-4H2,1-2H3,(H,27,32). The third-order valence-corrected chi connectivity index (χ3v) is 5.85. The lowest BCUT2D eigenvalue weighted by Crippen LogP contribution is -2.32. The highest BCUT2D eigenvalue weighted by molar-refractivity contribution is 6.05. The van der Waals surface area contributed by atoms with Crippen LogP contribution < -0.4 is 26.0 Å². The SMILES string of the molecule is CC(Oc1ccc(NC(=O)c2cc(-c3ccc4c(n3)N(C)NN4)ccc2F)cc1F)C1CC1. The number of nitrogens with zero attached hydrogens (tertiary/aromatic N) is 2. The first kappa shape index (κ1) is 21.1. The first-order chi connectivity index (χ1) is 15.9. The maximum absolute atomic E-state index is 14.5. The summed E-state index contributed by atoms with van der Waals surface area (Å²) in [4.78, 5) is 17.3. The van der Waals surface area contributed by atoms with E-state index >= 15 is 0 Å². The van der Waals surface area contributed by atoms with Crippen LogP contribution in [0.25, 0.3) is 11.3 Å². The highest BCUT2D eigenvalue weighted by atomic mass is 19.1. The zero-order valence-corrected chi connectivity index (χ0v) is 18.2. The molecule has 3 N–H and O–H groups in total. The van der Waals surface area contributed by atoms with Crippen molar-refractivity contribution in [3.05, 3.63) is 65.7 Å². The molecule has 1 amide bonds. The van der Waals surface area contributed by atoms with Gasteiger partial charge in [0.25, 0.3) is 5.91 Å². The molecule has 5 rings (SSSR count). The average Bonchev–Trinajstić information content (AvgIpc) is 3.59. The fourth-order valence-electron chi connectivity index (χ4n) is 3.75. The van der Waals surface area contributed by atoms with Crippen LogP contribution in [0.5, 0.6) is 5.75 Å². The Balaban J connectivity index is 1.35. The van der Waals surface area contributed by atoms with Gasteiger partial charge in [-0.3, -0.25) is 9.80 Å². The molecule has 1 aromatic heterocycles. The van der Waals surface area contributed by atoms with Crippen LogP contribution in [0.15, 0.2) is 48.5 Å². The minimum atomic E-state index is -0.685. The predicted octanol–water partition coefficient (Wildman–Crippen LogP) is 4.74. The lowest BCUT2D eigenvalue weighted by atomic mass is 10.1. The second kappa shape index (κ2) is 8.32. The second-order valence-corrected chi connectivity index (χ2v) is 8.32. The van der Waals surface area contributed by atoms with E-state index < -0.39 is 17.5 Å². The molecule has 9 heteroatoms. The van der Waals surface area contributed by atoms with E-state index in [9.17, 15) is 13.6 Å². The van der Waals surface area contributed by atoms with Crippen molar-refractivity contribution < 1.29 is 18.3 Å². The number of carbonyl (C=O) groups is 1. The first-order valence-corrected chi connectivity index (χ1v) is 10.7. The molecule has 0 saturated heterocycles. The zero-order valence-electron chi connectivity index (χ0n) is 18.2. The summed E-state index contributed by atoms with van der Waals surface area (Å²) < 4.78 is 34.6. The minimum Gasteiger partial charge on any atom is -0.487 e. The van der Waals surface area contributed by atoms with Crippen LogP contribution in [0.3, 0.4) is 0 Å². The fourth-order valence-corrected chi connectivity index (χ4v) is 3.75.